The second-order valence-electron chi connectivity index (χ2n) is 4.60. The van der Waals surface area contributed by atoms with E-state index >= 15 is 0 Å². The predicted molar refractivity (Wildman–Crippen MR) is 73.4 cm³/mol. The van der Waals surface area contributed by atoms with E-state index in [0.29, 0.717) is 18.9 Å². The van der Waals surface area contributed by atoms with Crippen molar-refractivity contribution in [3.8, 4) is 0 Å². The third-order valence-corrected chi connectivity index (χ3v) is 3.12. The lowest BCUT2D eigenvalue weighted by atomic mass is 10.2. The third-order valence-electron chi connectivity index (χ3n) is 3.12. The highest BCUT2D eigenvalue weighted by atomic mass is 16.6. The molecule has 1 aromatic heterocycles. The van der Waals surface area contributed by atoms with Gasteiger partial charge in [0.25, 0.3) is 5.69 Å². The van der Waals surface area contributed by atoms with Gasteiger partial charge in [0.15, 0.2) is 0 Å². The third kappa shape index (κ3) is 3.41. The first kappa shape index (κ1) is 14.2. The van der Waals surface area contributed by atoms with Gasteiger partial charge in [0.1, 0.15) is 18.1 Å². The standard InChI is InChI=1S/C12H17N5O3/c1-9(12(18)16-6-4-13-5-7-16)15-11-3-2-10(8-14-11)17(19)20/h2-3,8-9,13H,4-7H2,1H3,(H,14,15). The van der Waals surface area contributed by atoms with Crippen molar-refractivity contribution in [1.29, 1.82) is 0 Å². The predicted octanol–water partition coefficient (Wildman–Crippen LogP) is 0.222. The van der Waals surface area contributed by atoms with Gasteiger partial charge in [-0.2, -0.15) is 0 Å². The Hall–Kier alpha value is -2.22. The first-order valence-electron chi connectivity index (χ1n) is 6.44. The zero-order chi connectivity index (χ0) is 14.5. The molecule has 1 unspecified atom stereocenters. The molecule has 1 amide bonds. The van der Waals surface area contributed by atoms with Gasteiger partial charge in [0.05, 0.1) is 4.92 Å². The molecule has 0 aliphatic carbocycles. The van der Waals surface area contributed by atoms with Gasteiger partial charge in [-0.3, -0.25) is 14.9 Å². The van der Waals surface area contributed by atoms with Gasteiger partial charge < -0.3 is 15.5 Å². The molecular formula is C12H17N5O3. The van der Waals surface area contributed by atoms with Crippen LogP contribution in [0.5, 0.6) is 0 Å². The fraction of sp³-hybridized carbons (Fsp3) is 0.500. The van der Waals surface area contributed by atoms with E-state index in [9.17, 15) is 14.9 Å². The Morgan fingerprint density at radius 3 is 2.75 bits per heavy atom. The lowest BCUT2D eigenvalue weighted by molar-refractivity contribution is -0.385. The molecule has 1 aliphatic heterocycles. The summed E-state index contributed by atoms with van der Waals surface area (Å²) in [7, 11) is 0. The SMILES string of the molecule is CC(Nc1ccc([N+](=O)[O-])cn1)C(=O)N1CCNCC1. The molecule has 1 aliphatic rings. The number of hydrogen-bond donors (Lipinski definition) is 2. The van der Waals surface area contributed by atoms with Gasteiger partial charge in [-0.1, -0.05) is 0 Å². The van der Waals surface area contributed by atoms with Gasteiger partial charge in [-0.05, 0) is 13.0 Å². The lowest BCUT2D eigenvalue weighted by Gasteiger charge is -2.30. The number of pyridine rings is 1. The molecule has 0 saturated carbocycles. The number of nitro groups is 1. The van der Waals surface area contributed by atoms with Crippen molar-refractivity contribution in [1.82, 2.24) is 15.2 Å². The second kappa shape index (κ2) is 6.29. The lowest BCUT2D eigenvalue weighted by Crippen LogP contribution is -2.50. The fourth-order valence-electron chi connectivity index (χ4n) is 2.02. The molecule has 2 heterocycles. The average Bonchev–Trinajstić information content (AvgIpc) is 2.48. The molecule has 0 aromatic carbocycles. The molecule has 0 radical (unpaired) electrons. The molecule has 8 nitrogen and oxygen atoms in total. The number of nitrogens with one attached hydrogen (secondary N) is 2. The van der Waals surface area contributed by atoms with Crippen molar-refractivity contribution in [3.05, 3.63) is 28.4 Å². The smallest absolute Gasteiger partial charge is 0.287 e. The topological polar surface area (TPSA) is 100 Å². The van der Waals surface area contributed by atoms with E-state index in [1.54, 1.807) is 11.8 Å². The van der Waals surface area contributed by atoms with Crippen LogP contribution in [-0.4, -0.2) is 52.9 Å². The molecule has 1 atom stereocenters. The van der Waals surface area contributed by atoms with Crippen LogP contribution in [0.15, 0.2) is 18.3 Å². The van der Waals surface area contributed by atoms with Crippen LogP contribution in [0.1, 0.15) is 6.92 Å². The first-order valence-corrected chi connectivity index (χ1v) is 6.44. The maximum absolute atomic E-state index is 12.2. The summed E-state index contributed by atoms with van der Waals surface area (Å²) in [5.41, 5.74) is -0.0726. The Morgan fingerprint density at radius 2 is 2.20 bits per heavy atom. The van der Waals surface area contributed by atoms with E-state index in [-0.39, 0.29) is 11.6 Å². The summed E-state index contributed by atoms with van der Waals surface area (Å²) in [6.45, 7) is 4.74. The van der Waals surface area contributed by atoms with E-state index in [0.717, 1.165) is 13.1 Å². The summed E-state index contributed by atoms with van der Waals surface area (Å²) < 4.78 is 0. The molecule has 0 spiro atoms. The highest BCUT2D eigenvalue weighted by Gasteiger charge is 2.22. The molecule has 108 valence electrons. The monoisotopic (exact) mass is 279 g/mol. The van der Waals surface area contributed by atoms with Crippen LogP contribution >= 0.6 is 0 Å². The maximum atomic E-state index is 12.2. The van der Waals surface area contributed by atoms with Gasteiger partial charge in [-0.15, -0.1) is 0 Å². The zero-order valence-corrected chi connectivity index (χ0v) is 11.2. The van der Waals surface area contributed by atoms with Crippen LogP contribution in [-0.2, 0) is 4.79 Å². The largest absolute Gasteiger partial charge is 0.359 e. The Morgan fingerprint density at radius 1 is 1.50 bits per heavy atom. The number of piperazine rings is 1. The van der Waals surface area contributed by atoms with E-state index in [4.69, 9.17) is 0 Å². The Kier molecular flexibility index (Phi) is 4.46. The molecule has 2 N–H and O–H groups in total. The normalized spacial score (nSPS) is 16.6. The van der Waals surface area contributed by atoms with E-state index in [2.05, 4.69) is 15.6 Å². The zero-order valence-electron chi connectivity index (χ0n) is 11.2. The van der Waals surface area contributed by atoms with Crippen molar-refractivity contribution >= 4 is 17.4 Å². The van der Waals surface area contributed by atoms with E-state index in [1.165, 1.54) is 18.3 Å². The summed E-state index contributed by atoms with van der Waals surface area (Å²) in [4.78, 5) is 27.9. The summed E-state index contributed by atoms with van der Waals surface area (Å²) in [6.07, 6.45) is 1.17. The maximum Gasteiger partial charge on any atom is 0.287 e. The summed E-state index contributed by atoms with van der Waals surface area (Å²) in [6, 6.07) is 2.44. The van der Waals surface area contributed by atoms with Crippen molar-refractivity contribution in [2.75, 3.05) is 31.5 Å². The fourth-order valence-corrected chi connectivity index (χ4v) is 2.02. The number of carbonyl (C=O) groups excluding carboxylic acids is 1. The number of carbonyl (C=O) groups is 1. The van der Waals surface area contributed by atoms with Crippen molar-refractivity contribution in [2.45, 2.75) is 13.0 Å². The van der Waals surface area contributed by atoms with Crippen LogP contribution in [0.4, 0.5) is 11.5 Å². The number of nitrogens with zero attached hydrogens (tertiary/aromatic N) is 3. The van der Waals surface area contributed by atoms with Crippen LogP contribution in [0.25, 0.3) is 0 Å². The first-order chi connectivity index (χ1) is 9.58. The van der Waals surface area contributed by atoms with Gasteiger partial charge in [0.2, 0.25) is 5.91 Å². The highest BCUT2D eigenvalue weighted by molar-refractivity contribution is 5.84. The van der Waals surface area contributed by atoms with Crippen LogP contribution in [0.3, 0.4) is 0 Å². The molecule has 20 heavy (non-hydrogen) atoms. The van der Waals surface area contributed by atoms with E-state index in [1.807, 2.05) is 0 Å². The van der Waals surface area contributed by atoms with Gasteiger partial charge in [-0.25, -0.2) is 4.98 Å². The number of aromatic nitrogens is 1. The summed E-state index contributed by atoms with van der Waals surface area (Å²) >= 11 is 0. The molecule has 0 bridgehead atoms. The summed E-state index contributed by atoms with van der Waals surface area (Å²) in [5.74, 6) is 0.457. The second-order valence-corrected chi connectivity index (χ2v) is 4.60. The Balaban J connectivity index is 1.94. The van der Waals surface area contributed by atoms with Crippen LogP contribution in [0.2, 0.25) is 0 Å². The number of hydrogen-bond acceptors (Lipinski definition) is 6. The highest BCUT2D eigenvalue weighted by Crippen LogP contribution is 2.13. The Labute approximate surface area is 116 Å². The van der Waals surface area contributed by atoms with Crippen molar-refractivity contribution in [2.24, 2.45) is 0 Å². The minimum atomic E-state index is -0.508. The van der Waals surface area contributed by atoms with Crippen LogP contribution < -0.4 is 10.6 Å². The van der Waals surface area contributed by atoms with Gasteiger partial charge >= 0.3 is 0 Å². The minimum Gasteiger partial charge on any atom is -0.359 e. The number of amides is 1. The molecule has 8 heteroatoms. The molecular weight excluding hydrogens is 262 g/mol. The molecule has 1 saturated heterocycles. The Bertz CT molecular complexity index is 484. The average molecular weight is 279 g/mol. The van der Waals surface area contributed by atoms with Crippen molar-refractivity contribution in [3.63, 3.8) is 0 Å². The van der Waals surface area contributed by atoms with E-state index < -0.39 is 11.0 Å². The van der Waals surface area contributed by atoms with Crippen molar-refractivity contribution < 1.29 is 9.72 Å². The number of rotatable bonds is 4. The minimum absolute atomic E-state index is 0.00616. The molecule has 1 fully saturated rings. The molecule has 1 aromatic rings. The number of anilines is 1. The van der Waals surface area contributed by atoms with Gasteiger partial charge in [0, 0.05) is 32.2 Å². The van der Waals surface area contributed by atoms with Crippen LogP contribution in [0, 0.1) is 10.1 Å². The quantitative estimate of drug-likeness (QED) is 0.604. The summed E-state index contributed by atoms with van der Waals surface area (Å²) in [5, 5.41) is 16.7. The molecule has 2 rings (SSSR count).